The van der Waals surface area contributed by atoms with E-state index in [4.69, 9.17) is 28.4 Å². The van der Waals surface area contributed by atoms with Crippen molar-refractivity contribution < 1.29 is 89.4 Å². The maximum Gasteiger partial charge on any atom is 0.220 e. The second-order valence-electron chi connectivity index (χ2n) is 29.9. The third-order valence-corrected chi connectivity index (χ3v) is 20.4. The second kappa shape index (κ2) is 68.3. The number of aliphatic hydroxyl groups is 11. The Morgan fingerprint density at radius 1 is 0.339 bits per heavy atom. The summed E-state index contributed by atoms with van der Waals surface area (Å²) >= 11 is 0. The zero-order valence-electron chi connectivity index (χ0n) is 67.2. The number of unbranched alkanes of at least 4 members (excludes halogenated alkanes) is 31. The molecule has 0 radical (unpaired) electrons. The number of carbonyl (C=O) groups excluding carboxylic acids is 1. The Balaban J connectivity index is 1.36. The van der Waals surface area contributed by atoms with Crippen LogP contribution in [0.25, 0.3) is 0 Å². The molecule has 0 aromatic carbocycles. The molecule has 0 aromatic rings. The highest BCUT2D eigenvalue weighted by atomic mass is 16.8. The topological polar surface area (TPSA) is 307 Å². The van der Waals surface area contributed by atoms with Gasteiger partial charge in [0.05, 0.1) is 38.6 Å². The monoisotopic (exact) mass is 1540 g/mol. The maximum atomic E-state index is 13.5. The van der Waals surface area contributed by atoms with Crippen molar-refractivity contribution in [2.45, 2.75) is 401 Å². The molecule has 626 valence electrons. The molecule has 3 saturated heterocycles. The predicted molar refractivity (Wildman–Crippen MR) is 438 cm³/mol. The van der Waals surface area contributed by atoms with E-state index in [1.54, 1.807) is 6.08 Å². The number of rotatable bonds is 67. The van der Waals surface area contributed by atoms with Crippen molar-refractivity contribution >= 4 is 5.91 Å². The molecule has 109 heavy (non-hydrogen) atoms. The number of hydrogen-bond donors (Lipinski definition) is 12. The molecule has 19 nitrogen and oxygen atoms in total. The summed E-state index contributed by atoms with van der Waals surface area (Å²) in [5, 5.41) is 121. The minimum absolute atomic E-state index is 0.222. The van der Waals surface area contributed by atoms with Crippen LogP contribution in [0.3, 0.4) is 0 Å². The van der Waals surface area contributed by atoms with Crippen molar-refractivity contribution in [2.75, 3.05) is 26.4 Å². The highest BCUT2D eigenvalue weighted by Crippen LogP contribution is 2.33. The van der Waals surface area contributed by atoms with Crippen LogP contribution >= 0.6 is 0 Å². The van der Waals surface area contributed by atoms with Crippen LogP contribution in [-0.4, -0.2) is 193 Å². The van der Waals surface area contributed by atoms with Crippen molar-refractivity contribution in [1.29, 1.82) is 0 Å². The maximum absolute atomic E-state index is 13.5. The van der Waals surface area contributed by atoms with Crippen molar-refractivity contribution in [3.8, 4) is 0 Å². The van der Waals surface area contributed by atoms with E-state index in [-0.39, 0.29) is 18.9 Å². The van der Waals surface area contributed by atoms with E-state index in [0.717, 1.165) is 109 Å². The lowest BCUT2D eigenvalue weighted by atomic mass is 9.96. The molecule has 3 aliphatic rings. The molecule has 1 amide bonds. The van der Waals surface area contributed by atoms with E-state index in [1.165, 1.54) is 154 Å². The van der Waals surface area contributed by atoms with Gasteiger partial charge in [0.15, 0.2) is 18.9 Å². The van der Waals surface area contributed by atoms with Gasteiger partial charge in [-0.05, 0) is 109 Å². The summed E-state index contributed by atoms with van der Waals surface area (Å²) in [6.07, 6.45) is 71.5. The Bertz CT molecular complexity index is 2490. The first-order chi connectivity index (χ1) is 53.3. The molecule has 17 unspecified atom stereocenters. The molecule has 17 atom stereocenters. The molecule has 0 bridgehead atoms. The van der Waals surface area contributed by atoms with Crippen LogP contribution in [0, 0.1) is 0 Å². The van der Waals surface area contributed by atoms with Crippen LogP contribution in [0.4, 0.5) is 0 Å². The first kappa shape index (κ1) is 99.1. The molecule has 3 aliphatic heterocycles. The number of carbonyl (C=O) groups is 1. The van der Waals surface area contributed by atoms with Gasteiger partial charge in [0.25, 0.3) is 0 Å². The summed E-state index contributed by atoms with van der Waals surface area (Å²) in [4.78, 5) is 13.5. The third-order valence-electron chi connectivity index (χ3n) is 20.4. The fourth-order valence-corrected chi connectivity index (χ4v) is 13.6. The van der Waals surface area contributed by atoms with Crippen molar-refractivity contribution in [1.82, 2.24) is 5.32 Å². The van der Waals surface area contributed by atoms with Gasteiger partial charge >= 0.3 is 0 Å². The molecule has 3 rings (SSSR count). The third kappa shape index (κ3) is 47.4. The summed E-state index contributed by atoms with van der Waals surface area (Å²) in [5.74, 6) is -0.295. The molecule has 3 heterocycles. The van der Waals surface area contributed by atoms with E-state index in [2.05, 4.69) is 141 Å². The Labute approximate surface area is 658 Å². The quantitative estimate of drug-likeness (QED) is 0.0199. The highest BCUT2D eigenvalue weighted by Gasteiger charge is 2.54. The van der Waals surface area contributed by atoms with Crippen LogP contribution in [0.2, 0.25) is 0 Å². The van der Waals surface area contributed by atoms with E-state index in [0.29, 0.717) is 12.8 Å². The SMILES string of the molecule is CC/C=C\C/C=C\C/C=C\C/C=C\C/C=C\C/C=C\C/C=C\C/C=C\CCCCCCCCCCCCCCC(=O)NC(COC1OC(CO)C(OC2OC(CO)C(OC3OC(CO)C(O)C(O)C3O)C(O)C2O)C(O)C1O)C(O)/C=C/CC/C=C/CC/C=C/CCCCCCCCCCCCCCCCCCC. The minimum atomic E-state index is -1.99. The number of aliphatic hydroxyl groups excluding tert-OH is 11. The van der Waals surface area contributed by atoms with Gasteiger partial charge in [0.1, 0.15) is 73.2 Å². The molecule has 0 spiro atoms. The van der Waals surface area contributed by atoms with E-state index >= 15 is 0 Å². The minimum Gasteiger partial charge on any atom is -0.394 e. The lowest BCUT2D eigenvalue weighted by Crippen LogP contribution is -2.66. The highest BCUT2D eigenvalue weighted by molar-refractivity contribution is 5.76. The summed E-state index contributed by atoms with van der Waals surface area (Å²) in [7, 11) is 0. The lowest BCUT2D eigenvalue weighted by molar-refractivity contribution is -0.379. The van der Waals surface area contributed by atoms with Crippen LogP contribution in [0.5, 0.6) is 0 Å². The van der Waals surface area contributed by atoms with Gasteiger partial charge in [0.2, 0.25) is 5.91 Å². The number of allylic oxidation sites excluding steroid dienone is 21. The molecule has 3 fully saturated rings. The van der Waals surface area contributed by atoms with Gasteiger partial charge in [-0.1, -0.05) is 314 Å². The molecule has 19 heteroatoms. The number of ether oxygens (including phenoxy) is 6. The molecular formula is C90H153NO18. The summed E-state index contributed by atoms with van der Waals surface area (Å²) in [5.41, 5.74) is 0. The number of hydrogen-bond acceptors (Lipinski definition) is 18. The molecular weight excluding hydrogens is 1380 g/mol. The Kier molecular flexibility index (Phi) is 62.2. The van der Waals surface area contributed by atoms with Crippen LogP contribution < -0.4 is 5.32 Å². The normalized spacial score (nSPS) is 26.0. The molecule has 0 saturated carbocycles. The van der Waals surface area contributed by atoms with Crippen LogP contribution in [-0.2, 0) is 33.2 Å². The molecule has 0 aliphatic carbocycles. The summed E-state index contributed by atoms with van der Waals surface area (Å²) in [6, 6.07) is -1.01. The first-order valence-electron chi connectivity index (χ1n) is 42.9. The fourth-order valence-electron chi connectivity index (χ4n) is 13.6. The van der Waals surface area contributed by atoms with Crippen molar-refractivity contribution in [3.63, 3.8) is 0 Å². The first-order valence-corrected chi connectivity index (χ1v) is 42.9. The van der Waals surface area contributed by atoms with Gasteiger partial charge in [-0.25, -0.2) is 0 Å². The van der Waals surface area contributed by atoms with Gasteiger partial charge in [-0.2, -0.15) is 0 Å². The summed E-state index contributed by atoms with van der Waals surface area (Å²) < 4.78 is 34.5. The number of amides is 1. The van der Waals surface area contributed by atoms with E-state index in [9.17, 15) is 61.0 Å². The predicted octanol–water partition coefficient (Wildman–Crippen LogP) is 15.6. The average molecular weight is 1540 g/mol. The van der Waals surface area contributed by atoms with Crippen molar-refractivity contribution in [3.05, 3.63) is 134 Å². The van der Waals surface area contributed by atoms with Gasteiger partial charge in [0, 0.05) is 6.42 Å². The largest absolute Gasteiger partial charge is 0.394 e. The zero-order chi connectivity index (χ0) is 78.8. The summed E-state index contributed by atoms with van der Waals surface area (Å²) in [6.45, 7) is 1.61. The van der Waals surface area contributed by atoms with E-state index in [1.807, 2.05) is 6.08 Å². The Morgan fingerprint density at radius 2 is 0.642 bits per heavy atom. The Morgan fingerprint density at radius 3 is 1.03 bits per heavy atom. The van der Waals surface area contributed by atoms with Crippen LogP contribution in [0.1, 0.15) is 296 Å². The van der Waals surface area contributed by atoms with Gasteiger partial charge in [-0.15, -0.1) is 0 Å². The van der Waals surface area contributed by atoms with Gasteiger partial charge < -0.3 is 89.9 Å². The second-order valence-corrected chi connectivity index (χ2v) is 29.9. The molecule has 0 aromatic heterocycles. The Hall–Kier alpha value is -4.07. The number of nitrogens with one attached hydrogen (secondary N) is 1. The van der Waals surface area contributed by atoms with E-state index < -0.39 is 124 Å². The standard InChI is InChI=1S/C90H153NO18/c1-3-5-7-9-11-13-15-17-19-21-23-25-27-29-31-32-33-34-35-36-37-38-39-40-42-44-46-48-50-52-54-56-58-60-62-64-66-68-78(96)91-73(74(95)67-65-63-61-59-57-55-53-51-49-47-45-43-41-30-28-26-24-22-20-18-16-14-12-10-8-6-4-2)72-104-88-84(102)81(99)86(76(70-93)106-88)109-90-85(103)82(100)87(77(71-94)107-90)108-89-83(101)80(98)79(97)75(69-92)105-89/h5,7,11,13,17,19,23,25,29,31,33-34,36-37,39-40,49,51,57,59,65,67,73-77,79-90,92-95,97-103H,3-4,6,8-10,12,14-16,18,20-22,24,26-28,30,32,35,38,41-48,50,52-56,58,60-64,66,68-72H2,1-2H3,(H,91,96)/b7-5-,13-11-,19-17-,25-23-,31-29-,34-33-,37-36-,40-39-,51-49+,59-57+,67-65+. The van der Waals surface area contributed by atoms with Gasteiger partial charge in [-0.3, -0.25) is 4.79 Å². The van der Waals surface area contributed by atoms with Crippen molar-refractivity contribution in [2.24, 2.45) is 0 Å². The van der Waals surface area contributed by atoms with Crippen LogP contribution in [0.15, 0.2) is 134 Å². The molecule has 12 N–H and O–H groups in total. The lowest BCUT2D eigenvalue weighted by Gasteiger charge is -2.48. The smallest absolute Gasteiger partial charge is 0.220 e. The fraction of sp³-hybridized carbons (Fsp3) is 0.744. The zero-order valence-corrected chi connectivity index (χ0v) is 67.2. The average Bonchev–Trinajstić information content (AvgIpc) is 0.760.